The molecule has 0 radical (unpaired) electrons. The highest BCUT2D eigenvalue weighted by Gasteiger charge is 2.42. The number of anilines is 1. The zero-order chi connectivity index (χ0) is 21.4. The first-order chi connectivity index (χ1) is 14.4. The molecule has 1 saturated heterocycles. The van der Waals surface area contributed by atoms with Gasteiger partial charge in [0.15, 0.2) is 5.78 Å². The number of Topliss-reactive ketones (excluding diaryl/α,β-unsaturated/α-hetero) is 1. The lowest BCUT2D eigenvalue weighted by molar-refractivity contribution is -0.135. The minimum absolute atomic E-state index is 0.0270. The number of rotatable bonds is 4. The zero-order valence-corrected chi connectivity index (χ0v) is 17.0. The molecule has 2 heterocycles. The van der Waals surface area contributed by atoms with Gasteiger partial charge in [-0.1, -0.05) is 12.1 Å². The molecule has 4 rings (SSSR count). The molecule has 2 aliphatic heterocycles. The largest absolute Gasteiger partial charge is 0.368 e. The summed E-state index contributed by atoms with van der Waals surface area (Å²) in [6.45, 7) is 5.42. The lowest BCUT2D eigenvalue weighted by Gasteiger charge is -2.38. The normalized spacial score (nSPS) is 17.2. The smallest absolute Gasteiger partial charge is 0.262 e. The molecule has 1 fully saturated rings. The Hall–Kier alpha value is -3.48. The summed E-state index contributed by atoms with van der Waals surface area (Å²) in [5.74, 6) is -1.03. The van der Waals surface area contributed by atoms with Crippen LogP contribution in [0.4, 0.5) is 5.69 Å². The topological polar surface area (TPSA) is 78.0 Å². The lowest BCUT2D eigenvalue weighted by atomic mass is 10.1. The first-order valence-electron chi connectivity index (χ1n) is 10.00. The van der Waals surface area contributed by atoms with Crippen molar-refractivity contribution >= 4 is 29.2 Å². The zero-order valence-electron chi connectivity index (χ0n) is 17.0. The van der Waals surface area contributed by atoms with Crippen molar-refractivity contribution in [1.82, 2.24) is 9.80 Å². The highest BCUT2D eigenvalue weighted by Crippen LogP contribution is 2.25. The van der Waals surface area contributed by atoms with Crippen LogP contribution in [0.3, 0.4) is 0 Å². The van der Waals surface area contributed by atoms with E-state index in [4.69, 9.17) is 0 Å². The van der Waals surface area contributed by atoms with Crippen molar-refractivity contribution in [2.45, 2.75) is 19.9 Å². The standard InChI is InChI=1S/C23H23N3O4/c1-15(26-22(29)19-5-3-4-6-20(19)23(26)30)21(28)25-13-11-24(12-14-25)18-9-7-17(8-10-18)16(2)27/h3-10,15H,11-14H2,1-2H3/t15-/m1/s1. The fourth-order valence-corrected chi connectivity index (χ4v) is 4.03. The number of hydrogen-bond acceptors (Lipinski definition) is 5. The number of ketones is 1. The highest BCUT2D eigenvalue weighted by atomic mass is 16.2. The van der Waals surface area contributed by atoms with Gasteiger partial charge in [-0.2, -0.15) is 0 Å². The summed E-state index contributed by atoms with van der Waals surface area (Å²) < 4.78 is 0. The van der Waals surface area contributed by atoms with Crippen LogP contribution in [0.5, 0.6) is 0 Å². The van der Waals surface area contributed by atoms with Gasteiger partial charge in [-0.05, 0) is 50.2 Å². The molecule has 0 N–H and O–H groups in total. The number of amides is 3. The number of nitrogens with zero attached hydrogens (tertiary/aromatic N) is 3. The maximum Gasteiger partial charge on any atom is 0.262 e. The predicted molar refractivity (Wildman–Crippen MR) is 112 cm³/mol. The fourth-order valence-electron chi connectivity index (χ4n) is 4.03. The quantitative estimate of drug-likeness (QED) is 0.576. The van der Waals surface area contributed by atoms with Gasteiger partial charge >= 0.3 is 0 Å². The van der Waals surface area contributed by atoms with Crippen LogP contribution in [-0.4, -0.2) is 65.5 Å². The molecule has 0 unspecified atom stereocenters. The Morgan fingerprint density at radius 3 is 1.87 bits per heavy atom. The Morgan fingerprint density at radius 2 is 1.37 bits per heavy atom. The molecule has 3 amide bonds. The van der Waals surface area contributed by atoms with Crippen LogP contribution in [0.15, 0.2) is 48.5 Å². The Kier molecular flexibility index (Phi) is 5.11. The maximum absolute atomic E-state index is 13.0. The molecule has 7 heteroatoms. The van der Waals surface area contributed by atoms with E-state index in [0.717, 1.165) is 10.6 Å². The van der Waals surface area contributed by atoms with Gasteiger partial charge in [-0.3, -0.25) is 24.1 Å². The summed E-state index contributed by atoms with van der Waals surface area (Å²) in [6, 6.07) is 13.2. The van der Waals surface area contributed by atoms with E-state index >= 15 is 0 Å². The van der Waals surface area contributed by atoms with Gasteiger partial charge in [0.2, 0.25) is 5.91 Å². The maximum atomic E-state index is 13.0. The van der Waals surface area contributed by atoms with E-state index in [1.54, 1.807) is 48.2 Å². The number of imide groups is 1. The van der Waals surface area contributed by atoms with Gasteiger partial charge in [0.25, 0.3) is 11.8 Å². The first kappa shape index (κ1) is 19.8. The van der Waals surface area contributed by atoms with Crippen molar-refractivity contribution in [2.75, 3.05) is 31.1 Å². The van der Waals surface area contributed by atoms with Crippen LogP contribution in [0.25, 0.3) is 0 Å². The van der Waals surface area contributed by atoms with E-state index in [9.17, 15) is 19.2 Å². The third kappa shape index (κ3) is 3.36. The van der Waals surface area contributed by atoms with Crippen molar-refractivity contribution in [3.05, 3.63) is 65.2 Å². The second-order valence-corrected chi connectivity index (χ2v) is 7.62. The molecule has 154 valence electrons. The average molecular weight is 405 g/mol. The van der Waals surface area contributed by atoms with Crippen LogP contribution in [-0.2, 0) is 4.79 Å². The van der Waals surface area contributed by atoms with Crippen LogP contribution in [0.2, 0.25) is 0 Å². The molecule has 2 aliphatic rings. The molecule has 2 aromatic rings. The van der Waals surface area contributed by atoms with Crippen LogP contribution >= 0.6 is 0 Å². The second-order valence-electron chi connectivity index (χ2n) is 7.62. The number of hydrogen-bond donors (Lipinski definition) is 0. The van der Waals surface area contributed by atoms with Crippen molar-refractivity contribution in [3.63, 3.8) is 0 Å². The van der Waals surface area contributed by atoms with E-state index in [2.05, 4.69) is 4.90 Å². The van der Waals surface area contributed by atoms with E-state index in [1.807, 2.05) is 12.1 Å². The molecule has 7 nitrogen and oxygen atoms in total. The number of carbonyl (C=O) groups excluding carboxylic acids is 4. The first-order valence-corrected chi connectivity index (χ1v) is 10.00. The molecule has 0 aliphatic carbocycles. The summed E-state index contributed by atoms with van der Waals surface area (Å²) >= 11 is 0. The van der Waals surface area contributed by atoms with Crippen molar-refractivity contribution in [1.29, 1.82) is 0 Å². The molecule has 2 aromatic carbocycles. The van der Waals surface area contributed by atoms with Gasteiger partial charge in [-0.15, -0.1) is 0 Å². The minimum atomic E-state index is -0.848. The summed E-state index contributed by atoms with van der Waals surface area (Å²) in [4.78, 5) is 54.7. The molecule has 0 aromatic heterocycles. The summed E-state index contributed by atoms with van der Waals surface area (Å²) in [7, 11) is 0. The van der Waals surface area contributed by atoms with Crippen LogP contribution in [0, 0.1) is 0 Å². The summed E-state index contributed by atoms with van der Waals surface area (Å²) in [6.07, 6.45) is 0. The van der Waals surface area contributed by atoms with Gasteiger partial charge < -0.3 is 9.80 Å². The SMILES string of the molecule is CC(=O)c1ccc(N2CCN(C(=O)[C@@H](C)N3C(=O)c4ccccc4C3=O)CC2)cc1. The van der Waals surface area contributed by atoms with Crippen LogP contribution in [0.1, 0.15) is 44.9 Å². The molecular weight excluding hydrogens is 382 g/mol. The van der Waals surface area contributed by atoms with E-state index in [0.29, 0.717) is 42.9 Å². The average Bonchev–Trinajstić information content (AvgIpc) is 3.03. The van der Waals surface area contributed by atoms with Gasteiger partial charge in [0.1, 0.15) is 6.04 Å². The molecule has 30 heavy (non-hydrogen) atoms. The van der Waals surface area contributed by atoms with E-state index in [-0.39, 0.29) is 11.7 Å². The Balaban J connectivity index is 1.40. The van der Waals surface area contributed by atoms with Gasteiger partial charge in [0, 0.05) is 37.4 Å². The van der Waals surface area contributed by atoms with Crippen molar-refractivity contribution in [3.8, 4) is 0 Å². The summed E-state index contributed by atoms with van der Waals surface area (Å²) in [5, 5.41) is 0. The van der Waals surface area contributed by atoms with Gasteiger partial charge in [-0.25, -0.2) is 0 Å². The van der Waals surface area contributed by atoms with Crippen molar-refractivity contribution in [2.24, 2.45) is 0 Å². The third-order valence-electron chi connectivity index (χ3n) is 5.80. The lowest BCUT2D eigenvalue weighted by Crippen LogP contribution is -2.55. The van der Waals surface area contributed by atoms with Crippen molar-refractivity contribution < 1.29 is 19.2 Å². The second kappa shape index (κ2) is 7.74. The van der Waals surface area contributed by atoms with E-state index < -0.39 is 17.9 Å². The molecule has 1 atom stereocenters. The molecule has 0 saturated carbocycles. The van der Waals surface area contributed by atoms with E-state index in [1.165, 1.54) is 6.92 Å². The van der Waals surface area contributed by atoms with Gasteiger partial charge in [0.05, 0.1) is 11.1 Å². The predicted octanol–water partition coefficient (Wildman–Crippen LogP) is 2.22. The number of fused-ring (bicyclic) bond motifs is 1. The summed E-state index contributed by atoms with van der Waals surface area (Å²) in [5.41, 5.74) is 2.37. The number of piperazine rings is 1. The molecular formula is C23H23N3O4. The minimum Gasteiger partial charge on any atom is -0.368 e. The molecule has 0 spiro atoms. The van der Waals surface area contributed by atoms with Crippen LogP contribution < -0.4 is 4.90 Å². The molecule has 0 bridgehead atoms. The third-order valence-corrected chi connectivity index (χ3v) is 5.80. The number of carbonyl (C=O) groups is 4. The monoisotopic (exact) mass is 405 g/mol. The fraction of sp³-hybridized carbons (Fsp3) is 0.304. The number of benzene rings is 2. The Morgan fingerprint density at radius 1 is 0.833 bits per heavy atom. The highest BCUT2D eigenvalue weighted by molar-refractivity contribution is 6.22. The Bertz CT molecular complexity index is 988. The Labute approximate surface area is 174 Å².